The monoisotopic (exact) mass is 576 g/mol. The minimum atomic E-state index is -4.71. The van der Waals surface area contributed by atoms with Gasteiger partial charge in [0, 0.05) is 15.2 Å². The molecule has 6 nitrogen and oxygen atoms in total. The van der Waals surface area contributed by atoms with Gasteiger partial charge >= 0.3 is 6.18 Å². The summed E-state index contributed by atoms with van der Waals surface area (Å²) in [6, 6.07) is 9.76. The zero-order chi connectivity index (χ0) is 23.8. The number of hydrogen-bond acceptors (Lipinski definition) is 3. The molecule has 3 N–H and O–H groups in total. The van der Waals surface area contributed by atoms with Crippen LogP contribution in [0, 0.1) is 3.57 Å². The van der Waals surface area contributed by atoms with Crippen molar-refractivity contribution in [3.63, 3.8) is 0 Å². The lowest BCUT2D eigenvalue weighted by atomic mass is 10.00. The molecule has 0 atom stereocenters. The van der Waals surface area contributed by atoms with Crippen LogP contribution in [0.4, 0.5) is 13.2 Å². The van der Waals surface area contributed by atoms with Gasteiger partial charge in [0.25, 0.3) is 11.8 Å². The molecule has 0 saturated carbocycles. The van der Waals surface area contributed by atoms with Crippen molar-refractivity contribution in [1.82, 2.24) is 15.1 Å². The maximum absolute atomic E-state index is 13.5. The van der Waals surface area contributed by atoms with Gasteiger partial charge in [-0.15, -0.1) is 0 Å². The van der Waals surface area contributed by atoms with Crippen molar-refractivity contribution in [2.45, 2.75) is 26.1 Å². The first-order chi connectivity index (χ1) is 14.9. The lowest BCUT2D eigenvalue weighted by Gasteiger charge is -2.16. The van der Waals surface area contributed by atoms with Crippen molar-refractivity contribution < 1.29 is 22.8 Å². The van der Waals surface area contributed by atoms with Gasteiger partial charge in [-0.25, -0.2) is 4.68 Å². The first-order valence-corrected chi connectivity index (χ1v) is 10.7. The summed E-state index contributed by atoms with van der Waals surface area (Å²) in [6.07, 6.45) is -4.71. The number of nitrogens with one attached hydrogen (secondary N) is 1. The number of halogens is 5. The number of benzene rings is 2. The molecule has 2 amide bonds. The van der Waals surface area contributed by atoms with Crippen LogP contribution in [0.15, 0.2) is 42.5 Å². The van der Waals surface area contributed by atoms with Gasteiger partial charge in [0.15, 0.2) is 5.69 Å². The van der Waals surface area contributed by atoms with E-state index in [4.69, 9.17) is 17.3 Å². The number of amides is 2. The number of nitrogens with two attached hydrogens (primary N) is 1. The Hall–Kier alpha value is -2.60. The predicted octanol–water partition coefficient (Wildman–Crippen LogP) is 5.05. The largest absolute Gasteiger partial charge is 0.435 e. The van der Waals surface area contributed by atoms with Crippen LogP contribution in [0.25, 0.3) is 16.9 Å². The van der Waals surface area contributed by atoms with E-state index in [1.54, 1.807) is 48.6 Å². The van der Waals surface area contributed by atoms with Gasteiger partial charge < -0.3 is 11.1 Å². The summed E-state index contributed by atoms with van der Waals surface area (Å²) in [7, 11) is 0. The molecule has 3 aromatic rings. The molecule has 0 spiro atoms. The summed E-state index contributed by atoms with van der Waals surface area (Å²) in [5.41, 5.74) is 4.82. The first kappa shape index (κ1) is 24.1. The van der Waals surface area contributed by atoms with E-state index in [-0.39, 0.29) is 42.7 Å². The molecule has 0 unspecified atom stereocenters. The van der Waals surface area contributed by atoms with Crippen LogP contribution < -0.4 is 11.1 Å². The Kier molecular flexibility index (Phi) is 6.84. The van der Waals surface area contributed by atoms with E-state index in [2.05, 4.69) is 10.4 Å². The fraction of sp³-hybridized carbons (Fsp3) is 0.190. The first-order valence-electron chi connectivity index (χ1n) is 9.27. The van der Waals surface area contributed by atoms with Crippen LogP contribution in [-0.4, -0.2) is 27.6 Å². The van der Waals surface area contributed by atoms with E-state index in [1.807, 2.05) is 0 Å². The summed E-state index contributed by atoms with van der Waals surface area (Å²) in [5, 5.41) is 6.57. The smallest absolute Gasteiger partial charge is 0.366 e. The Bertz CT molecular complexity index is 1210. The van der Waals surface area contributed by atoms with Gasteiger partial charge in [-0.1, -0.05) is 29.8 Å². The van der Waals surface area contributed by atoms with E-state index in [9.17, 15) is 22.8 Å². The van der Waals surface area contributed by atoms with Crippen LogP contribution >= 0.6 is 34.2 Å². The fourth-order valence-electron chi connectivity index (χ4n) is 3.06. The number of hydrogen-bond donors (Lipinski definition) is 2. The molecular formula is C21H17ClF3IN4O2. The number of nitrogens with zero attached hydrogens (tertiary/aromatic N) is 2. The lowest BCUT2D eigenvalue weighted by Crippen LogP contribution is -2.32. The van der Waals surface area contributed by atoms with E-state index in [0.717, 1.165) is 10.7 Å². The normalized spacial score (nSPS) is 11.6. The van der Waals surface area contributed by atoms with Crippen molar-refractivity contribution in [2.24, 2.45) is 5.73 Å². The highest BCUT2D eigenvalue weighted by Crippen LogP contribution is 2.37. The number of rotatable bonds is 5. The molecular weight excluding hydrogens is 560 g/mol. The van der Waals surface area contributed by atoms with Gasteiger partial charge in [-0.05, 0) is 60.7 Å². The number of primary amides is 1. The molecule has 0 fully saturated rings. The standard InChI is InChI=1S/C21H17ClF3IN4O2/c1-10(2)28-20(32)12-8-7-11(18(26)17(12)19(27)31)15-9-16(21(23,24)25)29-30(15)14-6-4-3-5-13(14)22/h3-10H,1-2H3,(H2,27,31)(H,28,32). The highest BCUT2D eigenvalue weighted by Gasteiger charge is 2.36. The highest BCUT2D eigenvalue weighted by molar-refractivity contribution is 14.1. The Morgan fingerprint density at radius 3 is 2.41 bits per heavy atom. The SMILES string of the molecule is CC(C)NC(=O)c1ccc(-c2cc(C(F)(F)F)nn2-c2ccccc2Cl)c(I)c1C(N)=O. The van der Waals surface area contributed by atoms with Crippen molar-refractivity contribution in [3.05, 3.63) is 67.9 Å². The van der Waals surface area contributed by atoms with Crippen LogP contribution in [0.1, 0.15) is 40.3 Å². The number of alkyl halides is 3. The second-order valence-electron chi connectivity index (χ2n) is 7.12. The molecule has 0 aliphatic heterocycles. The van der Waals surface area contributed by atoms with Crippen LogP contribution in [-0.2, 0) is 6.18 Å². The molecule has 0 bridgehead atoms. The van der Waals surface area contributed by atoms with E-state index in [0.29, 0.717) is 0 Å². The molecule has 0 radical (unpaired) electrons. The van der Waals surface area contributed by atoms with Gasteiger partial charge in [0.2, 0.25) is 0 Å². The van der Waals surface area contributed by atoms with E-state index >= 15 is 0 Å². The van der Waals surface area contributed by atoms with Gasteiger partial charge in [-0.3, -0.25) is 9.59 Å². The number of carbonyl (C=O) groups excluding carboxylic acids is 2. The molecule has 168 valence electrons. The topological polar surface area (TPSA) is 90.0 Å². The molecule has 2 aromatic carbocycles. The minimum absolute atomic E-state index is 0.0270. The molecule has 1 heterocycles. The van der Waals surface area contributed by atoms with E-state index < -0.39 is 23.7 Å². The molecule has 3 rings (SSSR count). The summed E-state index contributed by atoms with van der Waals surface area (Å²) in [6.45, 7) is 3.50. The third-order valence-electron chi connectivity index (χ3n) is 4.41. The van der Waals surface area contributed by atoms with Crippen molar-refractivity contribution in [1.29, 1.82) is 0 Å². The molecule has 0 aliphatic rings. The Morgan fingerprint density at radius 2 is 1.84 bits per heavy atom. The summed E-state index contributed by atoms with van der Waals surface area (Å²) in [5.74, 6) is -1.40. The Morgan fingerprint density at radius 1 is 1.19 bits per heavy atom. The van der Waals surface area contributed by atoms with Crippen LogP contribution in [0.2, 0.25) is 5.02 Å². The molecule has 1 aromatic heterocycles. The van der Waals surface area contributed by atoms with Gasteiger partial charge in [0.05, 0.1) is 27.5 Å². The maximum atomic E-state index is 13.5. The Labute approximate surface area is 200 Å². The maximum Gasteiger partial charge on any atom is 0.435 e. The molecule has 32 heavy (non-hydrogen) atoms. The number of aromatic nitrogens is 2. The summed E-state index contributed by atoms with van der Waals surface area (Å²) >= 11 is 8.00. The molecule has 0 aliphatic carbocycles. The summed E-state index contributed by atoms with van der Waals surface area (Å²) < 4.78 is 41.7. The average molecular weight is 577 g/mol. The summed E-state index contributed by atoms with van der Waals surface area (Å²) in [4.78, 5) is 24.7. The average Bonchev–Trinajstić information content (AvgIpc) is 3.12. The zero-order valence-corrected chi connectivity index (χ0v) is 19.7. The Balaban J connectivity index is 2.29. The number of carbonyl (C=O) groups is 2. The zero-order valence-electron chi connectivity index (χ0n) is 16.8. The fourth-order valence-corrected chi connectivity index (χ4v) is 4.29. The minimum Gasteiger partial charge on any atom is -0.366 e. The van der Waals surface area contributed by atoms with Gasteiger partial charge in [0.1, 0.15) is 0 Å². The van der Waals surface area contributed by atoms with Crippen molar-refractivity contribution in [2.75, 3.05) is 0 Å². The van der Waals surface area contributed by atoms with Crippen molar-refractivity contribution >= 4 is 46.0 Å². The third kappa shape index (κ3) is 4.75. The van der Waals surface area contributed by atoms with E-state index in [1.165, 1.54) is 24.3 Å². The lowest BCUT2D eigenvalue weighted by molar-refractivity contribution is -0.141. The molecule has 0 saturated heterocycles. The molecule has 11 heteroatoms. The third-order valence-corrected chi connectivity index (χ3v) is 5.85. The van der Waals surface area contributed by atoms with Gasteiger partial charge in [-0.2, -0.15) is 18.3 Å². The number of para-hydroxylation sites is 1. The van der Waals surface area contributed by atoms with Crippen LogP contribution in [0.5, 0.6) is 0 Å². The highest BCUT2D eigenvalue weighted by atomic mass is 127. The van der Waals surface area contributed by atoms with Crippen molar-refractivity contribution in [3.8, 4) is 16.9 Å². The quantitative estimate of drug-likeness (QED) is 0.417. The predicted molar refractivity (Wildman–Crippen MR) is 123 cm³/mol. The second kappa shape index (κ2) is 9.10. The second-order valence-corrected chi connectivity index (χ2v) is 8.60. The van der Waals surface area contributed by atoms with Crippen LogP contribution in [0.3, 0.4) is 0 Å².